The number of rotatable bonds is 2. The molecule has 5 nitrogen and oxygen atoms in total. The van der Waals surface area contributed by atoms with Crippen LogP contribution in [0, 0.1) is 0 Å². The minimum absolute atomic E-state index is 0.330. The molecule has 0 aromatic heterocycles. The molecule has 2 N–H and O–H groups in total. The minimum Gasteiger partial charge on any atom is -0.453 e. The van der Waals surface area contributed by atoms with Gasteiger partial charge in [-0.3, -0.25) is 10.3 Å². The molecule has 0 bridgehead atoms. The van der Waals surface area contributed by atoms with Gasteiger partial charge in [0.05, 0.1) is 13.7 Å². The monoisotopic (exact) mass is 275 g/mol. The summed E-state index contributed by atoms with van der Waals surface area (Å²) in [5.74, 6) is 1.30. The van der Waals surface area contributed by atoms with Gasteiger partial charge in [-0.25, -0.2) is 4.79 Å². The highest BCUT2D eigenvalue weighted by Crippen LogP contribution is 2.27. The molecule has 1 heterocycles. The van der Waals surface area contributed by atoms with Crippen molar-refractivity contribution in [1.82, 2.24) is 10.6 Å². The normalized spacial score (nSPS) is 18.2. The summed E-state index contributed by atoms with van der Waals surface area (Å²) >= 11 is 0. The zero-order valence-corrected chi connectivity index (χ0v) is 12.1. The van der Waals surface area contributed by atoms with Crippen LogP contribution in [0.15, 0.2) is 29.3 Å². The maximum atomic E-state index is 11.1. The Kier molecular flexibility index (Phi) is 4.61. The smallest absolute Gasteiger partial charge is 0.413 e. The lowest BCUT2D eigenvalue weighted by molar-refractivity contribution is 0.176. The van der Waals surface area contributed by atoms with E-state index >= 15 is 0 Å². The van der Waals surface area contributed by atoms with Crippen molar-refractivity contribution < 1.29 is 9.53 Å². The van der Waals surface area contributed by atoms with Gasteiger partial charge in [0, 0.05) is 12.5 Å². The second kappa shape index (κ2) is 6.41. The fourth-order valence-corrected chi connectivity index (χ4v) is 2.39. The zero-order chi connectivity index (χ0) is 14.5. The van der Waals surface area contributed by atoms with E-state index in [-0.39, 0.29) is 0 Å². The molecule has 0 aliphatic carbocycles. The van der Waals surface area contributed by atoms with E-state index in [1.165, 1.54) is 18.2 Å². The SMILES string of the molecule is COC(=O)NC1=NCC(c2ccccc2C(C)C)CN1. The van der Waals surface area contributed by atoms with Crippen LogP contribution in [0.1, 0.15) is 36.8 Å². The Balaban J connectivity index is 2.09. The Morgan fingerprint density at radius 1 is 1.45 bits per heavy atom. The second-order valence-electron chi connectivity index (χ2n) is 5.17. The van der Waals surface area contributed by atoms with E-state index in [1.807, 2.05) is 0 Å². The number of amides is 1. The summed E-state index contributed by atoms with van der Waals surface area (Å²) in [6.45, 7) is 5.81. The number of carbonyl (C=O) groups excluding carboxylic acids is 1. The van der Waals surface area contributed by atoms with E-state index in [9.17, 15) is 4.79 Å². The molecule has 0 saturated carbocycles. The zero-order valence-electron chi connectivity index (χ0n) is 12.1. The Morgan fingerprint density at radius 2 is 2.20 bits per heavy atom. The van der Waals surface area contributed by atoms with Gasteiger partial charge in [-0.15, -0.1) is 0 Å². The molecule has 0 spiro atoms. The Labute approximate surface area is 119 Å². The third-order valence-corrected chi connectivity index (χ3v) is 3.45. The van der Waals surface area contributed by atoms with Crippen molar-refractivity contribution in [2.45, 2.75) is 25.7 Å². The number of guanidine groups is 1. The number of aliphatic imine (C=N–C) groups is 1. The number of hydrogen-bond donors (Lipinski definition) is 2. The van der Waals surface area contributed by atoms with Gasteiger partial charge in [-0.05, 0) is 17.0 Å². The molecule has 0 radical (unpaired) electrons. The molecule has 1 aromatic rings. The Bertz CT molecular complexity index is 512. The number of methoxy groups -OCH3 is 1. The van der Waals surface area contributed by atoms with Gasteiger partial charge in [0.1, 0.15) is 0 Å². The van der Waals surface area contributed by atoms with Crippen molar-refractivity contribution in [1.29, 1.82) is 0 Å². The van der Waals surface area contributed by atoms with Crippen molar-refractivity contribution in [3.63, 3.8) is 0 Å². The first-order chi connectivity index (χ1) is 9.61. The lowest BCUT2D eigenvalue weighted by Crippen LogP contribution is -2.45. The number of nitrogens with zero attached hydrogens (tertiary/aromatic N) is 1. The highest BCUT2D eigenvalue weighted by atomic mass is 16.5. The molecule has 1 aliphatic heterocycles. The van der Waals surface area contributed by atoms with E-state index in [4.69, 9.17) is 0 Å². The van der Waals surface area contributed by atoms with Crippen LogP contribution < -0.4 is 10.6 Å². The summed E-state index contributed by atoms with van der Waals surface area (Å²) in [5, 5.41) is 5.69. The lowest BCUT2D eigenvalue weighted by atomic mass is 9.88. The van der Waals surface area contributed by atoms with Crippen LogP contribution in [0.5, 0.6) is 0 Å². The maximum Gasteiger partial charge on any atom is 0.413 e. The highest BCUT2D eigenvalue weighted by Gasteiger charge is 2.21. The number of hydrogen-bond acceptors (Lipinski definition) is 4. The maximum absolute atomic E-state index is 11.1. The van der Waals surface area contributed by atoms with Gasteiger partial charge in [0.15, 0.2) is 0 Å². The van der Waals surface area contributed by atoms with Gasteiger partial charge < -0.3 is 10.1 Å². The molecule has 0 saturated heterocycles. The van der Waals surface area contributed by atoms with E-state index in [0.29, 0.717) is 24.3 Å². The predicted molar refractivity (Wildman–Crippen MR) is 79.1 cm³/mol. The van der Waals surface area contributed by atoms with Crippen molar-refractivity contribution in [3.8, 4) is 0 Å². The second-order valence-corrected chi connectivity index (χ2v) is 5.17. The fraction of sp³-hybridized carbons (Fsp3) is 0.467. The van der Waals surface area contributed by atoms with Crippen LogP contribution in [-0.2, 0) is 4.74 Å². The van der Waals surface area contributed by atoms with E-state index in [0.717, 1.165) is 6.54 Å². The van der Waals surface area contributed by atoms with Crippen molar-refractivity contribution in [2.75, 3.05) is 20.2 Å². The summed E-state index contributed by atoms with van der Waals surface area (Å²) in [6, 6.07) is 8.47. The summed E-state index contributed by atoms with van der Waals surface area (Å²) < 4.78 is 4.54. The van der Waals surface area contributed by atoms with Crippen LogP contribution in [0.2, 0.25) is 0 Å². The molecule has 1 aromatic carbocycles. The molecule has 2 rings (SSSR count). The standard InChI is InChI=1S/C15H21N3O2/c1-10(2)12-6-4-5-7-13(12)11-8-16-14(17-9-11)18-15(19)20-3/h4-7,10-11H,8-9H2,1-3H3,(H2,16,17,18,19). The molecule has 1 aliphatic rings. The third-order valence-electron chi connectivity index (χ3n) is 3.45. The van der Waals surface area contributed by atoms with Gasteiger partial charge in [0.2, 0.25) is 5.96 Å². The molecule has 20 heavy (non-hydrogen) atoms. The largest absolute Gasteiger partial charge is 0.453 e. The number of ether oxygens (including phenoxy) is 1. The average molecular weight is 275 g/mol. The summed E-state index contributed by atoms with van der Waals surface area (Å²) in [5.41, 5.74) is 2.69. The van der Waals surface area contributed by atoms with Crippen LogP contribution in [0.25, 0.3) is 0 Å². The molecule has 1 atom stereocenters. The molecule has 108 valence electrons. The van der Waals surface area contributed by atoms with E-state index in [1.54, 1.807) is 0 Å². The number of benzene rings is 1. The fourth-order valence-electron chi connectivity index (χ4n) is 2.39. The van der Waals surface area contributed by atoms with Gasteiger partial charge in [-0.1, -0.05) is 38.1 Å². The molecule has 5 heteroatoms. The van der Waals surface area contributed by atoms with Crippen LogP contribution in [0.4, 0.5) is 4.79 Å². The average Bonchev–Trinajstić information content (AvgIpc) is 2.48. The van der Waals surface area contributed by atoms with E-state index < -0.39 is 6.09 Å². The molecule has 1 amide bonds. The quantitative estimate of drug-likeness (QED) is 0.870. The Morgan fingerprint density at radius 3 is 2.80 bits per heavy atom. The topological polar surface area (TPSA) is 62.7 Å². The third kappa shape index (κ3) is 3.29. The molecular formula is C15H21N3O2. The first-order valence-corrected chi connectivity index (χ1v) is 6.84. The van der Waals surface area contributed by atoms with E-state index in [2.05, 4.69) is 58.5 Å². The first kappa shape index (κ1) is 14.4. The number of nitrogens with one attached hydrogen (secondary N) is 2. The van der Waals surface area contributed by atoms with Crippen molar-refractivity contribution in [3.05, 3.63) is 35.4 Å². The van der Waals surface area contributed by atoms with Crippen LogP contribution >= 0.6 is 0 Å². The number of alkyl carbamates (subject to hydrolysis) is 1. The summed E-state index contributed by atoms with van der Waals surface area (Å²) in [4.78, 5) is 15.5. The van der Waals surface area contributed by atoms with Crippen molar-refractivity contribution in [2.24, 2.45) is 4.99 Å². The minimum atomic E-state index is -0.503. The lowest BCUT2D eigenvalue weighted by Gasteiger charge is -2.26. The molecule has 1 unspecified atom stereocenters. The van der Waals surface area contributed by atoms with Crippen LogP contribution in [-0.4, -0.2) is 32.3 Å². The summed E-state index contributed by atoms with van der Waals surface area (Å²) in [7, 11) is 1.33. The van der Waals surface area contributed by atoms with Crippen molar-refractivity contribution >= 4 is 12.1 Å². The first-order valence-electron chi connectivity index (χ1n) is 6.84. The predicted octanol–water partition coefficient (Wildman–Crippen LogP) is 2.21. The van der Waals surface area contributed by atoms with Gasteiger partial charge in [0.25, 0.3) is 0 Å². The van der Waals surface area contributed by atoms with Gasteiger partial charge >= 0.3 is 6.09 Å². The Hall–Kier alpha value is -2.04. The summed E-state index contributed by atoms with van der Waals surface area (Å²) in [6.07, 6.45) is -0.503. The molecular weight excluding hydrogens is 254 g/mol. The number of carbonyl (C=O) groups is 1. The van der Waals surface area contributed by atoms with Crippen LogP contribution in [0.3, 0.4) is 0 Å². The van der Waals surface area contributed by atoms with Gasteiger partial charge in [-0.2, -0.15) is 0 Å². The molecule has 0 fully saturated rings. The highest BCUT2D eigenvalue weighted by molar-refractivity contribution is 5.94.